The van der Waals surface area contributed by atoms with E-state index in [2.05, 4.69) is 4.98 Å². The molecule has 0 atom stereocenters. The molecule has 1 aliphatic carbocycles. The second kappa shape index (κ2) is 5.02. The molecule has 16 heavy (non-hydrogen) atoms. The van der Waals surface area contributed by atoms with Gasteiger partial charge in [0.05, 0.1) is 12.2 Å². The minimum Gasteiger partial charge on any atom is -0.462 e. The predicted molar refractivity (Wildman–Crippen MR) is 61.9 cm³/mol. The standard InChI is InChI=1S/C11H11Cl2NO2/c12-9-4-3-8(10(13)14-9)11(15)16-6-5-7-1-2-7/h3-4,7H,1-2,5-6H2. The van der Waals surface area contributed by atoms with Crippen LogP contribution >= 0.6 is 23.2 Å². The van der Waals surface area contributed by atoms with E-state index in [9.17, 15) is 4.79 Å². The highest BCUT2D eigenvalue weighted by molar-refractivity contribution is 6.34. The summed E-state index contributed by atoms with van der Waals surface area (Å²) in [4.78, 5) is 15.4. The highest BCUT2D eigenvalue weighted by Crippen LogP contribution is 2.32. The summed E-state index contributed by atoms with van der Waals surface area (Å²) in [5, 5.41) is 0.350. The summed E-state index contributed by atoms with van der Waals surface area (Å²) in [5.41, 5.74) is 0.266. The molecule has 1 aromatic rings. The third-order valence-corrected chi connectivity index (χ3v) is 2.99. The zero-order valence-corrected chi connectivity index (χ0v) is 10.1. The zero-order valence-electron chi connectivity index (χ0n) is 8.58. The maximum absolute atomic E-state index is 11.6. The highest BCUT2D eigenvalue weighted by Gasteiger charge is 2.21. The molecular weight excluding hydrogens is 249 g/mol. The van der Waals surface area contributed by atoms with E-state index in [-0.39, 0.29) is 15.9 Å². The van der Waals surface area contributed by atoms with Crippen molar-refractivity contribution in [3.8, 4) is 0 Å². The molecule has 3 nitrogen and oxygen atoms in total. The lowest BCUT2D eigenvalue weighted by atomic mass is 10.3. The van der Waals surface area contributed by atoms with Crippen molar-refractivity contribution in [3.63, 3.8) is 0 Å². The molecule has 0 aromatic carbocycles. The van der Waals surface area contributed by atoms with Crippen LogP contribution < -0.4 is 0 Å². The van der Waals surface area contributed by atoms with Gasteiger partial charge in [0, 0.05) is 0 Å². The number of nitrogens with zero attached hydrogens (tertiary/aromatic N) is 1. The molecule has 1 saturated carbocycles. The number of aromatic nitrogens is 1. The van der Waals surface area contributed by atoms with Gasteiger partial charge in [-0.05, 0) is 24.5 Å². The van der Waals surface area contributed by atoms with Crippen molar-refractivity contribution >= 4 is 29.2 Å². The number of halogens is 2. The Kier molecular flexibility index (Phi) is 3.66. The Hall–Kier alpha value is -0.800. The first-order chi connectivity index (χ1) is 7.66. The van der Waals surface area contributed by atoms with Gasteiger partial charge < -0.3 is 4.74 Å². The topological polar surface area (TPSA) is 39.2 Å². The molecule has 0 spiro atoms. The smallest absolute Gasteiger partial charge is 0.341 e. The van der Waals surface area contributed by atoms with Crippen LogP contribution in [-0.2, 0) is 4.74 Å². The minimum absolute atomic E-state index is 0.0870. The number of ether oxygens (including phenoxy) is 1. The first-order valence-corrected chi connectivity index (χ1v) is 5.91. The Morgan fingerprint density at radius 1 is 1.44 bits per heavy atom. The quantitative estimate of drug-likeness (QED) is 0.615. The molecule has 0 N–H and O–H groups in total. The molecule has 2 rings (SSSR count). The van der Waals surface area contributed by atoms with Crippen LogP contribution in [0.15, 0.2) is 12.1 Å². The lowest BCUT2D eigenvalue weighted by molar-refractivity contribution is 0.0494. The second-order valence-electron chi connectivity index (χ2n) is 3.84. The predicted octanol–water partition coefficient (Wildman–Crippen LogP) is 3.35. The van der Waals surface area contributed by atoms with Gasteiger partial charge in [0.15, 0.2) is 0 Å². The highest BCUT2D eigenvalue weighted by atomic mass is 35.5. The van der Waals surface area contributed by atoms with Crippen molar-refractivity contribution in [2.45, 2.75) is 19.3 Å². The molecule has 1 aliphatic rings. The average molecular weight is 260 g/mol. The van der Waals surface area contributed by atoms with Crippen molar-refractivity contribution in [2.75, 3.05) is 6.61 Å². The Bertz CT molecular complexity index is 405. The van der Waals surface area contributed by atoms with E-state index in [1.807, 2.05) is 0 Å². The van der Waals surface area contributed by atoms with Crippen LogP contribution in [-0.4, -0.2) is 17.6 Å². The molecule has 0 radical (unpaired) electrons. The minimum atomic E-state index is -0.435. The lowest BCUT2D eigenvalue weighted by Gasteiger charge is -2.05. The largest absolute Gasteiger partial charge is 0.462 e. The third-order valence-electron chi connectivity index (χ3n) is 2.49. The van der Waals surface area contributed by atoms with Gasteiger partial charge in [-0.25, -0.2) is 9.78 Å². The number of hydrogen-bond donors (Lipinski definition) is 0. The Labute approximate surface area is 104 Å². The maximum atomic E-state index is 11.6. The molecule has 1 fully saturated rings. The van der Waals surface area contributed by atoms with Crippen molar-refractivity contribution in [3.05, 3.63) is 28.0 Å². The van der Waals surface area contributed by atoms with Crippen LogP contribution in [0, 0.1) is 5.92 Å². The number of carbonyl (C=O) groups is 1. The van der Waals surface area contributed by atoms with Crippen LogP contribution in [0.5, 0.6) is 0 Å². The molecule has 5 heteroatoms. The summed E-state index contributed by atoms with van der Waals surface area (Å²) in [6.07, 6.45) is 3.44. The van der Waals surface area contributed by atoms with E-state index < -0.39 is 5.97 Å². The van der Waals surface area contributed by atoms with E-state index in [1.165, 1.54) is 25.0 Å². The molecule has 0 amide bonds. The van der Waals surface area contributed by atoms with Gasteiger partial charge in [-0.3, -0.25) is 0 Å². The van der Waals surface area contributed by atoms with Gasteiger partial charge in [-0.15, -0.1) is 0 Å². The Balaban J connectivity index is 1.91. The Morgan fingerprint density at radius 2 is 2.19 bits per heavy atom. The van der Waals surface area contributed by atoms with Crippen LogP contribution in [0.3, 0.4) is 0 Å². The van der Waals surface area contributed by atoms with Crippen LogP contribution in [0.25, 0.3) is 0 Å². The molecular formula is C11H11Cl2NO2. The van der Waals surface area contributed by atoms with E-state index in [0.717, 1.165) is 12.3 Å². The molecule has 0 saturated heterocycles. The SMILES string of the molecule is O=C(OCCC1CC1)c1ccc(Cl)nc1Cl. The monoisotopic (exact) mass is 259 g/mol. The van der Waals surface area contributed by atoms with Gasteiger partial charge in [-0.2, -0.15) is 0 Å². The maximum Gasteiger partial charge on any atom is 0.341 e. The number of esters is 1. The number of carbonyl (C=O) groups excluding carboxylic acids is 1. The van der Waals surface area contributed by atoms with Crippen molar-refractivity contribution in [2.24, 2.45) is 5.92 Å². The van der Waals surface area contributed by atoms with Gasteiger partial charge in [-0.1, -0.05) is 36.0 Å². The van der Waals surface area contributed by atoms with E-state index in [1.54, 1.807) is 0 Å². The summed E-state index contributed by atoms with van der Waals surface area (Å²) in [6.45, 7) is 0.447. The van der Waals surface area contributed by atoms with Gasteiger partial charge in [0.1, 0.15) is 10.3 Å². The van der Waals surface area contributed by atoms with E-state index in [0.29, 0.717) is 6.61 Å². The van der Waals surface area contributed by atoms with Crippen LogP contribution in [0.2, 0.25) is 10.3 Å². The summed E-state index contributed by atoms with van der Waals surface area (Å²) in [6, 6.07) is 3.04. The van der Waals surface area contributed by atoms with Gasteiger partial charge >= 0.3 is 5.97 Å². The van der Waals surface area contributed by atoms with Gasteiger partial charge in [0.25, 0.3) is 0 Å². The van der Waals surface area contributed by atoms with Crippen LogP contribution in [0.1, 0.15) is 29.6 Å². The summed E-state index contributed by atoms with van der Waals surface area (Å²) >= 11 is 11.4. The molecule has 1 heterocycles. The van der Waals surface area contributed by atoms with E-state index >= 15 is 0 Å². The molecule has 0 bridgehead atoms. The van der Waals surface area contributed by atoms with Crippen molar-refractivity contribution in [1.82, 2.24) is 4.98 Å². The fourth-order valence-corrected chi connectivity index (χ4v) is 1.79. The van der Waals surface area contributed by atoms with Crippen molar-refractivity contribution < 1.29 is 9.53 Å². The van der Waals surface area contributed by atoms with Gasteiger partial charge in [0.2, 0.25) is 0 Å². The summed E-state index contributed by atoms with van der Waals surface area (Å²) in [5.74, 6) is 0.307. The normalized spacial score (nSPS) is 14.9. The molecule has 0 aliphatic heterocycles. The number of rotatable bonds is 4. The number of pyridine rings is 1. The molecule has 0 unspecified atom stereocenters. The fourth-order valence-electron chi connectivity index (χ4n) is 1.37. The number of hydrogen-bond acceptors (Lipinski definition) is 3. The average Bonchev–Trinajstić information content (AvgIpc) is 3.01. The fraction of sp³-hybridized carbons (Fsp3) is 0.455. The van der Waals surface area contributed by atoms with Crippen LogP contribution in [0.4, 0.5) is 0 Å². The first-order valence-electron chi connectivity index (χ1n) is 5.16. The lowest BCUT2D eigenvalue weighted by Crippen LogP contribution is -2.08. The van der Waals surface area contributed by atoms with Crippen molar-refractivity contribution in [1.29, 1.82) is 0 Å². The summed E-state index contributed by atoms with van der Waals surface area (Å²) < 4.78 is 5.09. The molecule has 86 valence electrons. The Morgan fingerprint density at radius 3 is 2.81 bits per heavy atom. The summed E-state index contributed by atoms with van der Waals surface area (Å²) in [7, 11) is 0. The zero-order chi connectivity index (χ0) is 11.5. The third kappa shape index (κ3) is 3.09. The second-order valence-corrected chi connectivity index (χ2v) is 4.59. The van der Waals surface area contributed by atoms with E-state index in [4.69, 9.17) is 27.9 Å². The molecule has 1 aromatic heterocycles. The first kappa shape index (κ1) is 11.7.